The largest absolute Gasteiger partial charge is 0.508 e. The maximum Gasteiger partial charge on any atom is 0.322 e. The van der Waals surface area contributed by atoms with E-state index < -0.39 is 17.7 Å². The molecular formula is C23H19FN4O4. The third kappa shape index (κ3) is 5.07. The number of phenolic OH excluding ortho intramolecular Hbond substituents is 1. The first kappa shape index (κ1) is 21.0. The molecule has 0 bridgehead atoms. The minimum absolute atomic E-state index is 0.0198. The number of phenols is 1. The van der Waals surface area contributed by atoms with Crippen LogP contribution in [0.2, 0.25) is 0 Å². The van der Waals surface area contributed by atoms with Crippen LogP contribution in [0.3, 0.4) is 0 Å². The number of nitrogens with one attached hydrogen (secondary N) is 1. The average molecular weight is 434 g/mol. The summed E-state index contributed by atoms with van der Waals surface area (Å²) in [5.41, 5.74) is 1.70. The van der Waals surface area contributed by atoms with Crippen LogP contribution in [0.1, 0.15) is 35.0 Å². The number of benzene rings is 2. The fourth-order valence-electron chi connectivity index (χ4n) is 3.34. The molecule has 0 radical (unpaired) electrons. The highest BCUT2D eigenvalue weighted by Gasteiger charge is 2.21. The van der Waals surface area contributed by atoms with E-state index in [1.807, 2.05) is 0 Å². The fraction of sp³-hybridized carbons (Fsp3) is 0.130. The number of aromatic hydroxyl groups is 1. The van der Waals surface area contributed by atoms with Crippen LogP contribution in [-0.2, 0) is 11.2 Å². The highest BCUT2D eigenvalue weighted by Crippen LogP contribution is 2.31. The molecule has 1 unspecified atom stereocenters. The molecule has 0 amide bonds. The SMILES string of the molecule is O=C(O)CC(c1ccc(F)cc1)c1ccnc(Oc2ccc(O)cc2Cc2ncc[nH]2)n1. The van der Waals surface area contributed by atoms with Crippen molar-refractivity contribution in [1.82, 2.24) is 19.9 Å². The lowest BCUT2D eigenvalue weighted by atomic mass is 9.92. The average Bonchev–Trinajstić information content (AvgIpc) is 3.28. The normalized spacial score (nSPS) is 11.8. The van der Waals surface area contributed by atoms with Crippen molar-refractivity contribution in [3.63, 3.8) is 0 Å². The lowest BCUT2D eigenvalue weighted by Gasteiger charge is -2.16. The maximum atomic E-state index is 13.3. The Bertz CT molecular complexity index is 1210. The number of hydrogen-bond acceptors (Lipinski definition) is 6. The van der Waals surface area contributed by atoms with Crippen molar-refractivity contribution in [2.24, 2.45) is 0 Å². The number of halogens is 1. The molecule has 0 spiro atoms. The molecule has 0 fully saturated rings. The van der Waals surface area contributed by atoms with Crippen LogP contribution in [0.15, 0.2) is 67.1 Å². The van der Waals surface area contributed by atoms with E-state index in [1.54, 1.807) is 30.6 Å². The molecule has 0 aliphatic heterocycles. The standard InChI is InChI=1S/C23H19FN4O4/c24-16-3-1-14(2-4-16)18(13-22(30)31)19-7-8-27-23(28-19)32-20-6-5-17(29)11-15(20)12-21-25-9-10-26-21/h1-11,18,29H,12-13H2,(H,25,26)(H,30,31). The predicted molar refractivity (Wildman–Crippen MR) is 112 cm³/mol. The van der Waals surface area contributed by atoms with Crippen LogP contribution in [0, 0.1) is 5.82 Å². The van der Waals surface area contributed by atoms with Crippen LogP contribution >= 0.6 is 0 Å². The third-order valence-electron chi connectivity index (χ3n) is 4.82. The Morgan fingerprint density at radius 3 is 2.62 bits per heavy atom. The quantitative estimate of drug-likeness (QED) is 0.383. The van der Waals surface area contributed by atoms with Gasteiger partial charge < -0.3 is 19.9 Å². The summed E-state index contributed by atoms with van der Waals surface area (Å²) in [6.45, 7) is 0. The summed E-state index contributed by atoms with van der Waals surface area (Å²) < 4.78 is 19.2. The van der Waals surface area contributed by atoms with E-state index in [1.165, 1.54) is 36.5 Å². The molecule has 2 aromatic heterocycles. The number of nitrogens with zero attached hydrogens (tertiary/aromatic N) is 3. The van der Waals surface area contributed by atoms with E-state index in [0.717, 1.165) is 0 Å². The molecule has 0 saturated heterocycles. The van der Waals surface area contributed by atoms with Gasteiger partial charge in [0.2, 0.25) is 0 Å². The maximum absolute atomic E-state index is 13.3. The lowest BCUT2D eigenvalue weighted by Crippen LogP contribution is -2.10. The molecule has 0 aliphatic rings. The molecule has 2 aromatic carbocycles. The van der Waals surface area contributed by atoms with Gasteiger partial charge in [0.1, 0.15) is 23.1 Å². The number of rotatable bonds is 8. The molecular weight excluding hydrogens is 415 g/mol. The molecule has 4 rings (SSSR count). The van der Waals surface area contributed by atoms with E-state index in [2.05, 4.69) is 19.9 Å². The second kappa shape index (κ2) is 9.25. The van der Waals surface area contributed by atoms with Gasteiger partial charge in [0.15, 0.2) is 0 Å². The summed E-state index contributed by atoms with van der Waals surface area (Å²) in [5.74, 6) is -0.848. The lowest BCUT2D eigenvalue weighted by molar-refractivity contribution is -0.137. The van der Waals surface area contributed by atoms with Crippen LogP contribution in [0.5, 0.6) is 17.5 Å². The van der Waals surface area contributed by atoms with Crippen LogP contribution in [0.25, 0.3) is 0 Å². The Morgan fingerprint density at radius 1 is 1.09 bits per heavy atom. The Hall–Kier alpha value is -4.27. The number of aromatic nitrogens is 4. The van der Waals surface area contributed by atoms with Crippen molar-refractivity contribution in [2.45, 2.75) is 18.8 Å². The van der Waals surface area contributed by atoms with Gasteiger partial charge in [-0.1, -0.05) is 12.1 Å². The summed E-state index contributed by atoms with van der Waals surface area (Å²) in [7, 11) is 0. The van der Waals surface area contributed by atoms with Gasteiger partial charge in [-0.3, -0.25) is 4.79 Å². The number of carbonyl (C=O) groups is 1. The summed E-state index contributed by atoms with van der Waals surface area (Å²) in [4.78, 5) is 27.2. The Balaban J connectivity index is 1.64. The summed E-state index contributed by atoms with van der Waals surface area (Å²) in [6.07, 6.45) is 4.95. The number of imidazole rings is 1. The van der Waals surface area contributed by atoms with Gasteiger partial charge in [-0.2, -0.15) is 4.98 Å². The van der Waals surface area contributed by atoms with Crippen molar-refractivity contribution in [3.05, 3.63) is 95.6 Å². The highest BCUT2D eigenvalue weighted by molar-refractivity contribution is 5.68. The second-order valence-corrected chi connectivity index (χ2v) is 7.07. The molecule has 0 saturated carbocycles. The molecule has 1 atom stereocenters. The second-order valence-electron chi connectivity index (χ2n) is 7.07. The Labute approximate surface area is 182 Å². The number of carboxylic acid groups (broad SMARTS) is 1. The smallest absolute Gasteiger partial charge is 0.322 e. The molecule has 4 aromatic rings. The number of hydrogen-bond donors (Lipinski definition) is 3. The first-order chi connectivity index (χ1) is 15.5. The van der Waals surface area contributed by atoms with E-state index in [-0.39, 0.29) is 18.2 Å². The van der Waals surface area contributed by atoms with Gasteiger partial charge in [0.05, 0.1) is 12.1 Å². The molecule has 2 heterocycles. The zero-order valence-electron chi connectivity index (χ0n) is 16.8. The molecule has 9 heteroatoms. The van der Waals surface area contributed by atoms with Crippen LogP contribution < -0.4 is 4.74 Å². The van der Waals surface area contributed by atoms with Crippen molar-refractivity contribution < 1.29 is 24.1 Å². The number of aliphatic carboxylic acids is 1. The number of aromatic amines is 1. The van der Waals surface area contributed by atoms with Crippen molar-refractivity contribution in [3.8, 4) is 17.5 Å². The molecule has 0 aliphatic carbocycles. The number of ether oxygens (including phenoxy) is 1. The Kier molecular flexibility index (Phi) is 6.07. The van der Waals surface area contributed by atoms with Gasteiger partial charge in [-0.15, -0.1) is 0 Å². The third-order valence-corrected chi connectivity index (χ3v) is 4.82. The predicted octanol–water partition coefficient (Wildman–Crippen LogP) is 4.03. The topological polar surface area (TPSA) is 121 Å². The zero-order valence-corrected chi connectivity index (χ0v) is 16.8. The highest BCUT2D eigenvalue weighted by atomic mass is 19.1. The number of H-pyrrole nitrogens is 1. The Morgan fingerprint density at radius 2 is 1.91 bits per heavy atom. The minimum Gasteiger partial charge on any atom is -0.508 e. The molecule has 8 nitrogen and oxygen atoms in total. The summed E-state index contributed by atoms with van der Waals surface area (Å²) in [5, 5.41) is 19.2. The van der Waals surface area contributed by atoms with Gasteiger partial charge >= 0.3 is 12.0 Å². The van der Waals surface area contributed by atoms with E-state index in [0.29, 0.717) is 34.8 Å². The zero-order chi connectivity index (χ0) is 22.5. The minimum atomic E-state index is -1.01. The van der Waals surface area contributed by atoms with Gasteiger partial charge in [0, 0.05) is 36.5 Å². The van der Waals surface area contributed by atoms with E-state index >= 15 is 0 Å². The van der Waals surface area contributed by atoms with Gasteiger partial charge in [-0.05, 0) is 42.0 Å². The van der Waals surface area contributed by atoms with Crippen molar-refractivity contribution in [1.29, 1.82) is 0 Å². The monoisotopic (exact) mass is 434 g/mol. The molecule has 162 valence electrons. The number of carboxylic acids is 1. The van der Waals surface area contributed by atoms with E-state index in [4.69, 9.17) is 4.74 Å². The summed E-state index contributed by atoms with van der Waals surface area (Å²) >= 11 is 0. The molecule has 32 heavy (non-hydrogen) atoms. The van der Waals surface area contributed by atoms with Crippen LogP contribution in [-0.4, -0.2) is 36.1 Å². The van der Waals surface area contributed by atoms with E-state index in [9.17, 15) is 19.4 Å². The van der Waals surface area contributed by atoms with Crippen LogP contribution in [0.4, 0.5) is 4.39 Å². The first-order valence-corrected chi connectivity index (χ1v) is 9.76. The van der Waals surface area contributed by atoms with Gasteiger partial charge in [-0.25, -0.2) is 14.4 Å². The fourth-order valence-corrected chi connectivity index (χ4v) is 3.34. The van der Waals surface area contributed by atoms with Gasteiger partial charge in [0.25, 0.3) is 0 Å². The summed E-state index contributed by atoms with van der Waals surface area (Å²) in [6, 6.07) is 11.9. The molecule has 3 N–H and O–H groups in total. The van der Waals surface area contributed by atoms with Crippen molar-refractivity contribution in [2.75, 3.05) is 0 Å². The van der Waals surface area contributed by atoms with Crippen molar-refractivity contribution >= 4 is 5.97 Å². The first-order valence-electron chi connectivity index (χ1n) is 9.76.